The Hall–Kier alpha value is -2.43. The van der Waals surface area contributed by atoms with Gasteiger partial charge in [-0.15, -0.1) is 0 Å². The summed E-state index contributed by atoms with van der Waals surface area (Å²) in [5, 5.41) is 0. The number of carbonyl (C=O) groups is 1. The molecule has 0 spiro atoms. The molecule has 0 aliphatic heterocycles. The van der Waals surface area contributed by atoms with E-state index in [0.29, 0.717) is 29.7 Å². The van der Waals surface area contributed by atoms with E-state index in [1.807, 2.05) is 6.07 Å². The van der Waals surface area contributed by atoms with Gasteiger partial charge in [0.1, 0.15) is 12.1 Å². The van der Waals surface area contributed by atoms with Gasteiger partial charge >= 0.3 is 5.97 Å². The van der Waals surface area contributed by atoms with Crippen LogP contribution in [0.15, 0.2) is 36.7 Å². The van der Waals surface area contributed by atoms with Gasteiger partial charge in [0.2, 0.25) is 5.88 Å². The highest BCUT2D eigenvalue weighted by atomic mass is 16.5. The van der Waals surface area contributed by atoms with Gasteiger partial charge in [-0.2, -0.15) is 0 Å². The molecule has 0 radical (unpaired) electrons. The van der Waals surface area contributed by atoms with E-state index in [2.05, 4.69) is 23.8 Å². The van der Waals surface area contributed by atoms with E-state index in [-0.39, 0.29) is 5.97 Å². The van der Waals surface area contributed by atoms with Crippen LogP contribution in [0.3, 0.4) is 0 Å². The fourth-order valence-electron chi connectivity index (χ4n) is 1.72. The Kier molecular flexibility index (Phi) is 4.87. The molecule has 0 unspecified atom stereocenters. The Balaban J connectivity index is 2.10. The van der Waals surface area contributed by atoms with E-state index in [4.69, 9.17) is 9.47 Å². The second-order valence-corrected chi connectivity index (χ2v) is 4.78. The van der Waals surface area contributed by atoms with Crippen molar-refractivity contribution in [2.24, 2.45) is 0 Å². The van der Waals surface area contributed by atoms with Gasteiger partial charge < -0.3 is 9.47 Å². The van der Waals surface area contributed by atoms with Crippen LogP contribution in [0.5, 0.6) is 11.6 Å². The quantitative estimate of drug-likeness (QED) is 0.786. The summed E-state index contributed by atoms with van der Waals surface area (Å²) in [5.74, 6) is 1.06. The predicted molar refractivity (Wildman–Crippen MR) is 78.6 cm³/mol. The molecule has 0 fully saturated rings. The Bertz CT molecular complexity index is 609. The van der Waals surface area contributed by atoms with Crippen molar-refractivity contribution in [1.82, 2.24) is 9.97 Å². The molecule has 0 saturated carbocycles. The summed E-state index contributed by atoms with van der Waals surface area (Å²) in [6.45, 7) is 6.24. The van der Waals surface area contributed by atoms with Gasteiger partial charge in [0.15, 0.2) is 0 Å². The normalized spacial score (nSPS) is 10.5. The van der Waals surface area contributed by atoms with Crippen LogP contribution in [0.2, 0.25) is 0 Å². The predicted octanol–water partition coefficient (Wildman–Crippen LogP) is 3.57. The lowest BCUT2D eigenvalue weighted by Gasteiger charge is -2.08. The summed E-state index contributed by atoms with van der Waals surface area (Å²) >= 11 is 0. The molecule has 110 valence electrons. The Morgan fingerprint density at radius 1 is 1.19 bits per heavy atom. The highest BCUT2D eigenvalue weighted by molar-refractivity contribution is 5.89. The SMILES string of the molecule is CCOC(=O)c1ccc(Oc2cc(C(C)C)ncn2)cc1. The molecule has 1 aromatic carbocycles. The largest absolute Gasteiger partial charge is 0.462 e. The number of ether oxygens (including phenoxy) is 2. The summed E-state index contributed by atoms with van der Waals surface area (Å²) in [4.78, 5) is 19.8. The second kappa shape index (κ2) is 6.83. The third-order valence-corrected chi connectivity index (χ3v) is 2.84. The van der Waals surface area contributed by atoms with E-state index >= 15 is 0 Å². The van der Waals surface area contributed by atoms with Crippen LogP contribution >= 0.6 is 0 Å². The van der Waals surface area contributed by atoms with E-state index in [1.54, 1.807) is 31.2 Å². The Labute approximate surface area is 124 Å². The maximum Gasteiger partial charge on any atom is 0.338 e. The molecule has 21 heavy (non-hydrogen) atoms. The molecule has 5 nitrogen and oxygen atoms in total. The number of rotatable bonds is 5. The summed E-state index contributed by atoms with van der Waals surface area (Å²) in [7, 11) is 0. The van der Waals surface area contributed by atoms with Crippen molar-refractivity contribution in [2.45, 2.75) is 26.7 Å². The lowest BCUT2D eigenvalue weighted by Crippen LogP contribution is -2.04. The topological polar surface area (TPSA) is 61.3 Å². The summed E-state index contributed by atoms with van der Waals surface area (Å²) in [6, 6.07) is 8.56. The third-order valence-electron chi connectivity index (χ3n) is 2.84. The van der Waals surface area contributed by atoms with Gasteiger partial charge in [0.05, 0.1) is 17.9 Å². The second-order valence-electron chi connectivity index (χ2n) is 4.78. The summed E-state index contributed by atoms with van der Waals surface area (Å²) in [6.07, 6.45) is 1.48. The molecular weight excluding hydrogens is 268 g/mol. The van der Waals surface area contributed by atoms with Gasteiger partial charge in [-0.05, 0) is 37.1 Å². The minimum atomic E-state index is -0.340. The molecule has 0 aliphatic rings. The average molecular weight is 286 g/mol. The van der Waals surface area contributed by atoms with Crippen LogP contribution in [0.1, 0.15) is 42.7 Å². The zero-order chi connectivity index (χ0) is 15.2. The monoisotopic (exact) mass is 286 g/mol. The van der Waals surface area contributed by atoms with Gasteiger partial charge in [-0.25, -0.2) is 14.8 Å². The molecule has 0 aliphatic carbocycles. The van der Waals surface area contributed by atoms with Crippen LogP contribution in [-0.4, -0.2) is 22.5 Å². The number of esters is 1. The first-order valence-corrected chi connectivity index (χ1v) is 6.87. The van der Waals surface area contributed by atoms with Crippen molar-refractivity contribution in [1.29, 1.82) is 0 Å². The number of hydrogen-bond donors (Lipinski definition) is 0. The van der Waals surface area contributed by atoms with Crippen molar-refractivity contribution in [3.8, 4) is 11.6 Å². The van der Waals surface area contributed by atoms with Crippen molar-refractivity contribution in [3.63, 3.8) is 0 Å². The van der Waals surface area contributed by atoms with E-state index in [1.165, 1.54) is 6.33 Å². The molecule has 2 rings (SSSR count). The molecule has 0 amide bonds. The van der Waals surface area contributed by atoms with Crippen LogP contribution in [-0.2, 0) is 4.74 Å². The molecule has 0 saturated heterocycles. The third kappa shape index (κ3) is 4.02. The van der Waals surface area contributed by atoms with Crippen LogP contribution in [0.4, 0.5) is 0 Å². The van der Waals surface area contributed by atoms with Crippen molar-refractivity contribution < 1.29 is 14.3 Å². The van der Waals surface area contributed by atoms with Crippen LogP contribution in [0.25, 0.3) is 0 Å². The molecule has 1 aromatic heterocycles. The van der Waals surface area contributed by atoms with E-state index in [0.717, 1.165) is 5.69 Å². The lowest BCUT2D eigenvalue weighted by molar-refractivity contribution is 0.0526. The van der Waals surface area contributed by atoms with Gasteiger partial charge in [0, 0.05) is 6.07 Å². The van der Waals surface area contributed by atoms with Crippen LogP contribution in [0, 0.1) is 0 Å². The zero-order valence-electron chi connectivity index (χ0n) is 12.4. The summed E-state index contributed by atoms with van der Waals surface area (Å²) in [5.41, 5.74) is 1.41. The van der Waals surface area contributed by atoms with Gasteiger partial charge in [-0.1, -0.05) is 13.8 Å². The Morgan fingerprint density at radius 2 is 1.90 bits per heavy atom. The van der Waals surface area contributed by atoms with Crippen LogP contribution < -0.4 is 4.74 Å². The fourth-order valence-corrected chi connectivity index (χ4v) is 1.72. The molecule has 5 heteroatoms. The van der Waals surface area contributed by atoms with Crippen molar-refractivity contribution in [2.75, 3.05) is 6.61 Å². The molecule has 0 atom stereocenters. The van der Waals surface area contributed by atoms with Gasteiger partial charge in [0.25, 0.3) is 0 Å². The highest BCUT2D eigenvalue weighted by Gasteiger charge is 2.08. The van der Waals surface area contributed by atoms with Gasteiger partial charge in [-0.3, -0.25) is 0 Å². The average Bonchev–Trinajstić information content (AvgIpc) is 2.48. The fraction of sp³-hybridized carbons (Fsp3) is 0.312. The lowest BCUT2D eigenvalue weighted by atomic mass is 10.1. The maximum absolute atomic E-state index is 11.6. The van der Waals surface area contributed by atoms with E-state index < -0.39 is 0 Å². The number of nitrogens with zero attached hydrogens (tertiary/aromatic N) is 2. The maximum atomic E-state index is 11.6. The van der Waals surface area contributed by atoms with Crippen molar-refractivity contribution >= 4 is 5.97 Å². The highest BCUT2D eigenvalue weighted by Crippen LogP contribution is 2.22. The Morgan fingerprint density at radius 3 is 2.52 bits per heavy atom. The standard InChI is InChI=1S/C16H18N2O3/c1-4-20-16(19)12-5-7-13(8-6-12)21-15-9-14(11(2)3)17-10-18-15/h5-11H,4H2,1-3H3. The first kappa shape index (κ1) is 15.0. The molecule has 0 N–H and O–H groups in total. The van der Waals surface area contributed by atoms with E-state index in [9.17, 15) is 4.79 Å². The molecule has 0 bridgehead atoms. The first-order chi connectivity index (χ1) is 10.1. The van der Waals surface area contributed by atoms with Crippen molar-refractivity contribution in [3.05, 3.63) is 47.9 Å². The zero-order valence-corrected chi connectivity index (χ0v) is 12.4. The summed E-state index contributed by atoms with van der Waals surface area (Å²) < 4.78 is 10.6. The number of benzene rings is 1. The molecular formula is C16H18N2O3. The minimum absolute atomic E-state index is 0.307. The number of hydrogen-bond acceptors (Lipinski definition) is 5. The number of aromatic nitrogens is 2. The minimum Gasteiger partial charge on any atom is -0.462 e. The molecule has 2 aromatic rings. The number of carbonyl (C=O) groups excluding carboxylic acids is 1. The first-order valence-electron chi connectivity index (χ1n) is 6.87. The molecule has 1 heterocycles. The smallest absolute Gasteiger partial charge is 0.338 e.